The smallest absolute Gasteiger partial charge is 0.257 e. The number of rotatable bonds is 2. The van der Waals surface area contributed by atoms with Gasteiger partial charge in [-0.2, -0.15) is 0 Å². The van der Waals surface area contributed by atoms with Crippen LogP contribution in [-0.2, 0) is 0 Å². The van der Waals surface area contributed by atoms with E-state index in [1.54, 1.807) is 24.5 Å². The number of aromatic nitrogens is 1. The Morgan fingerprint density at radius 2 is 1.80 bits per heavy atom. The van der Waals surface area contributed by atoms with Crippen LogP contribution in [0.4, 0.5) is 5.69 Å². The summed E-state index contributed by atoms with van der Waals surface area (Å²) in [7, 11) is 0. The number of amides is 1. The molecule has 3 aromatic rings. The van der Waals surface area contributed by atoms with E-state index >= 15 is 0 Å². The van der Waals surface area contributed by atoms with Crippen molar-refractivity contribution in [2.75, 3.05) is 5.32 Å². The lowest BCUT2D eigenvalue weighted by molar-refractivity contribution is 0.102. The van der Waals surface area contributed by atoms with E-state index in [1.807, 2.05) is 36.4 Å². The molecule has 2 aromatic carbocycles. The van der Waals surface area contributed by atoms with E-state index in [0.717, 1.165) is 20.9 Å². The molecule has 1 amide bonds. The van der Waals surface area contributed by atoms with Crippen molar-refractivity contribution in [3.8, 4) is 0 Å². The number of benzene rings is 2. The third kappa shape index (κ3) is 2.42. The van der Waals surface area contributed by atoms with Gasteiger partial charge >= 0.3 is 0 Å². The highest BCUT2D eigenvalue weighted by atomic mass is 79.9. The fraction of sp³-hybridized carbons (Fsp3) is 0. The largest absolute Gasteiger partial charge is 0.321 e. The first-order valence-corrected chi connectivity index (χ1v) is 6.93. The molecule has 3 nitrogen and oxygen atoms in total. The second-order valence-electron chi connectivity index (χ2n) is 4.34. The lowest BCUT2D eigenvalue weighted by atomic mass is 10.1. The molecule has 1 N–H and O–H groups in total. The fourth-order valence-electron chi connectivity index (χ4n) is 2.06. The quantitative estimate of drug-likeness (QED) is 0.764. The molecular formula is C16H11BrN2O. The van der Waals surface area contributed by atoms with Crippen molar-refractivity contribution in [2.45, 2.75) is 0 Å². The molecule has 0 atom stereocenters. The molecule has 20 heavy (non-hydrogen) atoms. The predicted octanol–water partition coefficient (Wildman–Crippen LogP) is 4.25. The molecular weight excluding hydrogens is 316 g/mol. The number of fused-ring (bicyclic) bond motifs is 1. The van der Waals surface area contributed by atoms with Crippen molar-refractivity contribution in [2.24, 2.45) is 0 Å². The molecule has 0 unspecified atom stereocenters. The Morgan fingerprint density at radius 1 is 1.00 bits per heavy atom. The Kier molecular flexibility index (Phi) is 3.48. The van der Waals surface area contributed by atoms with Gasteiger partial charge in [0.25, 0.3) is 5.91 Å². The summed E-state index contributed by atoms with van der Waals surface area (Å²) in [5.41, 5.74) is 1.33. The predicted molar refractivity (Wildman–Crippen MR) is 83.8 cm³/mol. The van der Waals surface area contributed by atoms with Crippen molar-refractivity contribution < 1.29 is 4.79 Å². The normalized spacial score (nSPS) is 10.4. The molecule has 3 rings (SSSR count). The van der Waals surface area contributed by atoms with Crippen molar-refractivity contribution >= 4 is 38.3 Å². The van der Waals surface area contributed by atoms with Crippen molar-refractivity contribution in [1.29, 1.82) is 0 Å². The number of anilines is 1. The number of hydrogen-bond acceptors (Lipinski definition) is 2. The van der Waals surface area contributed by atoms with E-state index in [9.17, 15) is 4.79 Å². The van der Waals surface area contributed by atoms with Crippen LogP contribution in [0.15, 0.2) is 65.4 Å². The van der Waals surface area contributed by atoms with Gasteiger partial charge in [-0.25, -0.2) is 0 Å². The molecule has 98 valence electrons. The average Bonchev–Trinajstić information content (AvgIpc) is 2.51. The minimum absolute atomic E-state index is 0.162. The molecule has 0 radical (unpaired) electrons. The summed E-state index contributed by atoms with van der Waals surface area (Å²) in [4.78, 5) is 16.1. The van der Waals surface area contributed by atoms with Gasteiger partial charge in [0.1, 0.15) is 0 Å². The molecule has 1 heterocycles. The minimum Gasteiger partial charge on any atom is -0.321 e. The highest BCUT2D eigenvalue weighted by Crippen LogP contribution is 2.30. The van der Waals surface area contributed by atoms with Crippen LogP contribution in [0.5, 0.6) is 0 Å². The Hall–Kier alpha value is -2.20. The highest BCUT2D eigenvalue weighted by molar-refractivity contribution is 9.10. The van der Waals surface area contributed by atoms with E-state index < -0.39 is 0 Å². The minimum atomic E-state index is -0.162. The number of nitrogens with one attached hydrogen (secondary N) is 1. The Labute approximate surface area is 124 Å². The number of nitrogens with zero attached hydrogens (tertiary/aromatic N) is 1. The van der Waals surface area contributed by atoms with Crippen molar-refractivity contribution in [3.63, 3.8) is 0 Å². The standard InChI is InChI=1S/C16H11BrN2O/c17-14-7-8-15(13-6-2-1-5-12(13)14)19-16(20)11-4-3-9-18-10-11/h1-10H,(H,19,20). The topological polar surface area (TPSA) is 42.0 Å². The first-order valence-electron chi connectivity index (χ1n) is 6.14. The third-order valence-electron chi connectivity index (χ3n) is 3.04. The number of carbonyl (C=O) groups is 1. The van der Waals surface area contributed by atoms with Crippen LogP contribution in [0.25, 0.3) is 10.8 Å². The number of pyridine rings is 1. The number of carbonyl (C=O) groups excluding carboxylic acids is 1. The molecule has 0 spiro atoms. The first-order chi connectivity index (χ1) is 9.75. The second kappa shape index (κ2) is 5.43. The summed E-state index contributed by atoms with van der Waals surface area (Å²) in [5.74, 6) is -0.162. The van der Waals surface area contributed by atoms with E-state index in [0.29, 0.717) is 5.56 Å². The molecule has 1 aromatic heterocycles. The highest BCUT2D eigenvalue weighted by Gasteiger charge is 2.09. The molecule has 4 heteroatoms. The summed E-state index contributed by atoms with van der Waals surface area (Å²) in [6.07, 6.45) is 3.20. The average molecular weight is 327 g/mol. The number of halogens is 1. The maximum atomic E-state index is 12.2. The summed E-state index contributed by atoms with van der Waals surface area (Å²) in [5, 5.41) is 4.99. The summed E-state index contributed by atoms with van der Waals surface area (Å²) < 4.78 is 1.01. The first kappa shape index (κ1) is 12.8. The fourth-order valence-corrected chi connectivity index (χ4v) is 2.54. The molecule has 0 saturated carbocycles. The van der Waals surface area contributed by atoms with Crippen LogP contribution < -0.4 is 5.32 Å². The molecule has 0 bridgehead atoms. The van der Waals surface area contributed by atoms with Gasteiger partial charge in [-0.1, -0.05) is 40.2 Å². The zero-order chi connectivity index (χ0) is 13.9. The van der Waals surface area contributed by atoms with Gasteiger partial charge in [-0.05, 0) is 29.7 Å². The van der Waals surface area contributed by atoms with Crippen molar-refractivity contribution in [1.82, 2.24) is 4.98 Å². The monoisotopic (exact) mass is 326 g/mol. The second-order valence-corrected chi connectivity index (χ2v) is 5.19. The van der Waals surface area contributed by atoms with E-state index in [1.165, 1.54) is 0 Å². The van der Waals surface area contributed by atoms with Crippen LogP contribution in [0, 0.1) is 0 Å². The Balaban J connectivity index is 2.00. The molecule has 0 aliphatic carbocycles. The van der Waals surface area contributed by atoms with Crippen molar-refractivity contribution in [3.05, 3.63) is 71.0 Å². The summed E-state index contributed by atoms with van der Waals surface area (Å²) >= 11 is 3.52. The molecule has 0 saturated heterocycles. The van der Waals surface area contributed by atoms with E-state index in [2.05, 4.69) is 26.2 Å². The lowest BCUT2D eigenvalue weighted by Gasteiger charge is -2.09. The van der Waals surface area contributed by atoms with Gasteiger partial charge in [-0.15, -0.1) is 0 Å². The zero-order valence-electron chi connectivity index (χ0n) is 10.5. The Morgan fingerprint density at radius 3 is 2.55 bits per heavy atom. The molecule has 0 fully saturated rings. The van der Waals surface area contributed by atoms with Gasteiger partial charge in [0.15, 0.2) is 0 Å². The van der Waals surface area contributed by atoms with Gasteiger partial charge in [-0.3, -0.25) is 9.78 Å². The van der Waals surface area contributed by atoms with E-state index in [-0.39, 0.29) is 5.91 Å². The number of hydrogen-bond donors (Lipinski definition) is 1. The maximum Gasteiger partial charge on any atom is 0.257 e. The SMILES string of the molecule is O=C(Nc1ccc(Br)c2ccccc12)c1cccnc1. The zero-order valence-corrected chi connectivity index (χ0v) is 12.1. The van der Waals surface area contributed by atoms with Crippen LogP contribution in [0.3, 0.4) is 0 Å². The summed E-state index contributed by atoms with van der Waals surface area (Å²) in [6.45, 7) is 0. The molecule has 0 aliphatic rings. The van der Waals surface area contributed by atoms with Crippen LogP contribution in [0.2, 0.25) is 0 Å². The molecule has 0 aliphatic heterocycles. The van der Waals surface area contributed by atoms with Crippen LogP contribution >= 0.6 is 15.9 Å². The van der Waals surface area contributed by atoms with Gasteiger partial charge < -0.3 is 5.32 Å². The van der Waals surface area contributed by atoms with Crippen LogP contribution in [-0.4, -0.2) is 10.9 Å². The Bertz CT molecular complexity index is 772. The van der Waals surface area contributed by atoms with Gasteiger partial charge in [0.2, 0.25) is 0 Å². The van der Waals surface area contributed by atoms with E-state index in [4.69, 9.17) is 0 Å². The van der Waals surface area contributed by atoms with Crippen LogP contribution in [0.1, 0.15) is 10.4 Å². The van der Waals surface area contributed by atoms with Gasteiger partial charge in [0.05, 0.1) is 5.56 Å². The summed E-state index contributed by atoms with van der Waals surface area (Å²) in [6, 6.07) is 15.2. The third-order valence-corrected chi connectivity index (χ3v) is 3.73. The maximum absolute atomic E-state index is 12.2. The lowest BCUT2D eigenvalue weighted by Crippen LogP contribution is -2.12. The van der Waals surface area contributed by atoms with Gasteiger partial charge in [0, 0.05) is 27.9 Å².